The summed E-state index contributed by atoms with van der Waals surface area (Å²) in [6, 6.07) is 1.02. The van der Waals surface area contributed by atoms with Gasteiger partial charge in [-0.3, -0.25) is 52.9 Å². The molecule has 2 saturated heterocycles. The molecule has 89 heavy (non-hydrogen) atoms. The van der Waals surface area contributed by atoms with Crippen LogP contribution in [-0.4, -0.2) is 188 Å². The number of carbonyl (C=O) groups is 10. The molecule has 2 aliphatic rings. The number of guanidine groups is 1. The number of para-hydroxylation sites is 1. The fourth-order valence-corrected chi connectivity index (χ4v) is 10.3. The molecular formula is C60H86N16O13. The van der Waals surface area contributed by atoms with Gasteiger partial charge in [0.2, 0.25) is 59.1 Å². The summed E-state index contributed by atoms with van der Waals surface area (Å²) in [5.41, 5.74) is 12.4. The Morgan fingerprint density at radius 2 is 1.36 bits per heavy atom. The number of imidazole rings is 1. The Kier molecular flexibility index (Phi) is 25.4. The van der Waals surface area contributed by atoms with Crippen LogP contribution in [0.3, 0.4) is 0 Å². The average Bonchev–Trinajstić information content (AvgIpc) is 2.55. The number of aromatic amines is 2. The number of phenolic OH excluding ortho intramolecular Hbond substituents is 1. The number of likely N-dealkylation sites (N-methyl/N-ethyl adjacent to an activating group) is 1. The van der Waals surface area contributed by atoms with Crippen molar-refractivity contribution in [3.05, 3.63) is 84.1 Å². The zero-order valence-corrected chi connectivity index (χ0v) is 51.1. The predicted octanol–water partition coefficient (Wildman–Crippen LogP) is -1.67. The first-order valence-electron chi connectivity index (χ1n) is 29.9. The lowest BCUT2D eigenvalue weighted by Gasteiger charge is -2.31. The van der Waals surface area contributed by atoms with Crippen molar-refractivity contribution in [3.8, 4) is 5.75 Å². The number of aromatic hydroxyl groups is 1. The summed E-state index contributed by atoms with van der Waals surface area (Å²) >= 11 is 0. The van der Waals surface area contributed by atoms with Gasteiger partial charge in [0, 0.05) is 74.3 Å². The van der Waals surface area contributed by atoms with E-state index in [0.717, 1.165) is 0 Å². The van der Waals surface area contributed by atoms with Crippen molar-refractivity contribution in [1.82, 2.24) is 67.7 Å². The molecule has 2 aromatic heterocycles. The Morgan fingerprint density at radius 3 is 1.98 bits per heavy atom. The number of likely N-dealkylation sites (tertiary alicyclic amines) is 1. The number of ether oxygens (including phenoxy) is 1. The molecule has 6 rings (SSSR count). The molecular weight excluding hydrogens is 1150 g/mol. The topological polar surface area (TPSA) is 441 Å². The minimum Gasteiger partial charge on any atom is -0.508 e. The lowest BCUT2D eigenvalue weighted by molar-refractivity contribution is -0.142. The summed E-state index contributed by atoms with van der Waals surface area (Å²) in [6.45, 7) is 9.78. The van der Waals surface area contributed by atoms with Gasteiger partial charge in [0.05, 0.1) is 25.1 Å². The monoisotopic (exact) mass is 1240 g/mol. The lowest BCUT2D eigenvalue weighted by Crippen LogP contribution is -2.62. The number of phenols is 1. The van der Waals surface area contributed by atoms with Crippen LogP contribution in [0.2, 0.25) is 0 Å². The highest BCUT2D eigenvalue weighted by molar-refractivity contribution is 5.99. The zero-order valence-electron chi connectivity index (χ0n) is 51.1. The Labute approximate surface area is 515 Å². The van der Waals surface area contributed by atoms with Gasteiger partial charge in [-0.25, -0.2) is 4.98 Å². The molecule has 29 nitrogen and oxygen atoms in total. The number of fused-ring (bicyclic) bond motifs is 1. The maximum atomic E-state index is 14.8. The number of H-pyrrole nitrogens is 2. The van der Waals surface area contributed by atoms with Gasteiger partial charge in [-0.15, -0.1) is 0 Å². The quantitative estimate of drug-likeness (QED) is 0.0148. The highest BCUT2D eigenvalue weighted by atomic mass is 16.5. The second kappa shape index (κ2) is 32.7. The average molecular weight is 1240 g/mol. The number of amides is 10. The molecule has 4 heterocycles. The van der Waals surface area contributed by atoms with E-state index >= 15 is 0 Å². The molecule has 0 aliphatic carbocycles. The number of aliphatic imine (C=N–C) groups is 1. The summed E-state index contributed by atoms with van der Waals surface area (Å²) in [4.78, 5) is 156. The number of nitrogens with one attached hydrogen (secondary N) is 11. The van der Waals surface area contributed by atoms with Crippen LogP contribution >= 0.6 is 0 Å². The molecule has 2 aliphatic heterocycles. The van der Waals surface area contributed by atoms with E-state index in [9.17, 15) is 58.2 Å². The van der Waals surface area contributed by atoms with Crippen LogP contribution in [0.4, 0.5) is 0 Å². The number of aliphatic hydroxyl groups excluding tert-OH is 1. The lowest BCUT2D eigenvalue weighted by atomic mass is 10.0. The van der Waals surface area contributed by atoms with E-state index in [1.54, 1.807) is 58.2 Å². The molecule has 4 aromatic rings. The second-order valence-electron chi connectivity index (χ2n) is 23.6. The Balaban J connectivity index is 1.24. The Hall–Kier alpha value is -9.12. The van der Waals surface area contributed by atoms with Crippen LogP contribution in [0.1, 0.15) is 103 Å². The summed E-state index contributed by atoms with van der Waals surface area (Å²) < 4.78 is 6.04. The number of carbonyl (C=O) groups excluding carboxylic acids is 10. The number of nitrogens with two attached hydrogens (primary N) is 2. The van der Waals surface area contributed by atoms with Gasteiger partial charge in [0.15, 0.2) is 5.96 Å². The summed E-state index contributed by atoms with van der Waals surface area (Å²) in [5, 5.41) is 45.7. The van der Waals surface area contributed by atoms with Gasteiger partial charge in [-0.1, -0.05) is 44.2 Å². The fraction of sp³-hybridized carbons (Fsp3) is 0.533. The van der Waals surface area contributed by atoms with Gasteiger partial charge in [0.25, 0.3) is 0 Å². The van der Waals surface area contributed by atoms with Crippen molar-refractivity contribution in [2.45, 2.75) is 166 Å². The van der Waals surface area contributed by atoms with Crippen LogP contribution in [0.5, 0.6) is 5.75 Å². The second-order valence-corrected chi connectivity index (χ2v) is 23.6. The van der Waals surface area contributed by atoms with Crippen LogP contribution in [0.15, 0.2) is 72.2 Å². The van der Waals surface area contributed by atoms with Crippen molar-refractivity contribution >= 4 is 75.9 Å². The first-order valence-corrected chi connectivity index (χ1v) is 29.9. The number of hydrogen-bond acceptors (Lipinski definition) is 15. The van der Waals surface area contributed by atoms with Gasteiger partial charge < -0.3 is 89.1 Å². The smallest absolute Gasteiger partial charge is 0.245 e. The van der Waals surface area contributed by atoms with Crippen LogP contribution in [-0.2, 0) is 71.9 Å². The third-order valence-corrected chi connectivity index (χ3v) is 14.9. The molecule has 0 unspecified atom stereocenters. The number of aromatic nitrogens is 3. The molecule has 0 saturated carbocycles. The van der Waals surface area contributed by atoms with Crippen molar-refractivity contribution in [1.29, 1.82) is 0 Å². The number of nitrogens with zero attached hydrogens (tertiary/aromatic N) is 3. The maximum absolute atomic E-state index is 14.8. The molecule has 9 atom stereocenters. The molecule has 2 fully saturated rings. The third-order valence-electron chi connectivity index (χ3n) is 14.9. The number of rotatable bonds is 32. The van der Waals surface area contributed by atoms with Crippen molar-refractivity contribution in [2.75, 3.05) is 32.8 Å². The minimum absolute atomic E-state index is 0.0578. The highest BCUT2D eigenvalue weighted by Crippen LogP contribution is 2.22. The van der Waals surface area contributed by atoms with Crippen molar-refractivity contribution < 1.29 is 62.9 Å². The van der Waals surface area contributed by atoms with Gasteiger partial charge in [0.1, 0.15) is 60.1 Å². The Morgan fingerprint density at radius 1 is 0.753 bits per heavy atom. The van der Waals surface area contributed by atoms with Crippen LogP contribution < -0.4 is 59.3 Å². The first kappa shape index (κ1) is 69.0. The van der Waals surface area contributed by atoms with Gasteiger partial charge in [-0.05, 0) is 101 Å². The van der Waals surface area contributed by atoms with E-state index in [4.69, 9.17) is 16.2 Å². The Bertz CT molecular complexity index is 3120. The fourth-order valence-electron chi connectivity index (χ4n) is 10.3. The summed E-state index contributed by atoms with van der Waals surface area (Å²) in [6.07, 6.45) is 5.56. The number of benzene rings is 2. The molecule has 17 N–H and O–H groups in total. The zero-order chi connectivity index (χ0) is 65.0. The number of hydrogen-bond donors (Lipinski definition) is 15. The molecule has 2 aromatic carbocycles. The minimum atomic E-state index is -1.78. The van der Waals surface area contributed by atoms with Crippen molar-refractivity contribution in [3.63, 3.8) is 0 Å². The van der Waals surface area contributed by atoms with E-state index in [1.165, 1.54) is 41.7 Å². The van der Waals surface area contributed by atoms with Gasteiger partial charge in [-0.2, -0.15) is 0 Å². The van der Waals surface area contributed by atoms with E-state index in [2.05, 4.69) is 67.8 Å². The van der Waals surface area contributed by atoms with Gasteiger partial charge >= 0.3 is 0 Å². The molecule has 0 radical (unpaired) electrons. The molecule has 484 valence electrons. The SMILES string of the molecule is CCNC(=O)[C@@H]1CCCN1C(=O)[C@H](CCCN=C(N)N)NC(=O)[C@H](CC(C)C)NC(=O)[C@H](COC(C)(C)C)NC(=O)[C@H](Cc1ccc(O)cc1)NC(=O)[C@H](CO)NC(=O)[C@H](Cc1c[nH]c2ccccc12)NC(=O)[C@H](Cc1cnc[nH]1)NC(=O)[C@@H]1CCC(=O)N1. The normalized spacial score (nSPS) is 17.2. The standard InChI is InChI=1S/C60H86N16O13/c1-7-64-57(87)48-15-11-23-76(48)58(88)41(14-10-22-65-59(61)62)69-51(81)42(24-33(2)3)70-56(86)47(31-89-60(4,5)6)75-52(82)43(25-34-16-18-37(78)19-17-34)71-55(85)46(30-77)74-53(83)44(26-35-28-66-39-13-9-8-12-38(35)39)72-54(84)45(27-36-29-63-32-67-36)73-50(80)40-20-21-49(79)68-40/h8-9,12-13,16-19,28-29,32-33,40-48,66,77-78H,7,10-11,14-15,20-27,30-31H2,1-6H3,(H,63,67)(H,64,87)(H,68,79)(H,69,81)(H,70,86)(H,71,85)(H,72,84)(H,73,80)(H,74,83)(H,75,82)(H4,61,62,65)/t40-,41-,42-,43-,44-,45-,46-,47-,48-/m0/s1. The molecule has 0 spiro atoms. The summed E-state index contributed by atoms with van der Waals surface area (Å²) in [5.74, 6) is -7.72. The van der Waals surface area contributed by atoms with Crippen molar-refractivity contribution in [2.24, 2.45) is 22.4 Å². The maximum Gasteiger partial charge on any atom is 0.245 e. The van der Waals surface area contributed by atoms with E-state index in [1.807, 2.05) is 13.8 Å². The molecule has 0 bridgehead atoms. The predicted molar refractivity (Wildman–Crippen MR) is 326 cm³/mol. The highest BCUT2D eigenvalue weighted by Gasteiger charge is 2.40. The largest absolute Gasteiger partial charge is 0.508 e. The number of aliphatic hydroxyl groups is 1. The third kappa shape index (κ3) is 21.0. The summed E-state index contributed by atoms with van der Waals surface area (Å²) in [7, 11) is 0. The van der Waals surface area contributed by atoms with E-state index in [0.29, 0.717) is 47.1 Å². The van der Waals surface area contributed by atoms with E-state index in [-0.39, 0.29) is 93.9 Å². The molecule has 10 amide bonds. The first-order chi connectivity index (χ1) is 42.3. The van der Waals surface area contributed by atoms with Crippen LogP contribution in [0, 0.1) is 5.92 Å². The van der Waals surface area contributed by atoms with Crippen LogP contribution in [0.25, 0.3) is 10.9 Å². The van der Waals surface area contributed by atoms with E-state index < -0.39 is 120 Å². The molecule has 29 heteroatoms.